The second-order valence-electron chi connectivity index (χ2n) is 17.1. The van der Waals surface area contributed by atoms with Crippen molar-refractivity contribution in [3.8, 4) is 50.6 Å². The molecule has 0 saturated carbocycles. The maximum atomic E-state index is 11.8. The average Bonchev–Trinajstić information content (AvgIpc) is 2.99. The first-order valence-corrected chi connectivity index (χ1v) is 16.8. The van der Waals surface area contributed by atoms with E-state index in [0.29, 0.717) is 11.6 Å². The lowest BCUT2D eigenvalue weighted by atomic mass is 9.78. The van der Waals surface area contributed by atoms with Crippen LogP contribution in [0, 0.1) is 0 Å². The Morgan fingerprint density at radius 2 is 0.957 bits per heavy atom. The molecular formula is C44H52N2O. The van der Waals surface area contributed by atoms with Gasteiger partial charge in [-0.1, -0.05) is 156 Å². The van der Waals surface area contributed by atoms with E-state index in [1.165, 1.54) is 22.3 Å². The maximum Gasteiger partial charge on any atom is 0.160 e. The van der Waals surface area contributed by atoms with Crippen molar-refractivity contribution in [2.75, 3.05) is 0 Å². The summed E-state index contributed by atoms with van der Waals surface area (Å²) in [5, 5.41) is 11.8. The molecule has 47 heavy (non-hydrogen) atoms. The van der Waals surface area contributed by atoms with Gasteiger partial charge in [0.15, 0.2) is 5.82 Å². The summed E-state index contributed by atoms with van der Waals surface area (Å²) in [5.41, 5.74) is 11.3. The molecule has 0 radical (unpaired) electrons. The van der Waals surface area contributed by atoms with Crippen LogP contribution in [0.25, 0.3) is 44.9 Å². The van der Waals surface area contributed by atoms with Crippen LogP contribution in [-0.2, 0) is 21.7 Å². The van der Waals surface area contributed by atoms with Crippen molar-refractivity contribution in [3.05, 3.63) is 113 Å². The van der Waals surface area contributed by atoms with Crippen molar-refractivity contribution < 1.29 is 5.11 Å². The highest BCUT2D eigenvalue weighted by molar-refractivity contribution is 5.87. The Hall–Kier alpha value is -4.24. The Bertz CT molecular complexity index is 1890. The number of phenols is 1. The van der Waals surface area contributed by atoms with Crippen LogP contribution in [0.4, 0.5) is 0 Å². The standard InChI is InChI=1S/C44H52N2O/c1-41(2,3)29-23-28(24-30(25-29)42(4,5)6)32-17-13-15-19-34(32)38-21-22-45-40(46-38)35-20-16-14-18-33(35)36-26-31(43(7,8)9)27-37(39(36)47)44(10,11)12/h13-27,47H,1-12H3. The van der Waals surface area contributed by atoms with Gasteiger partial charge in [-0.3, -0.25) is 0 Å². The highest BCUT2D eigenvalue weighted by Crippen LogP contribution is 2.45. The maximum absolute atomic E-state index is 11.8. The largest absolute Gasteiger partial charge is 0.507 e. The Labute approximate surface area is 283 Å². The van der Waals surface area contributed by atoms with Gasteiger partial charge in [0.05, 0.1) is 5.69 Å². The normalized spacial score (nSPS) is 12.8. The molecule has 0 aliphatic heterocycles. The smallest absolute Gasteiger partial charge is 0.160 e. The molecule has 0 amide bonds. The van der Waals surface area contributed by atoms with Crippen LogP contribution in [-0.4, -0.2) is 15.1 Å². The second-order valence-corrected chi connectivity index (χ2v) is 17.1. The van der Waals surface area contributed by atoms with E-state index in [2.05, 4.69) is 150 Å². The number of nitrogens with zero attached hydrogens (tertiary/aromatic N) is 2. The lowest BCUT2D eigenvalue weighted by Gasteiger charge is -2.28. The third kappa shape index (κ3) is 7.20. The fraction of sp³-hybridized carbons (Fsp3) is 0.364. The van der Waals surface area contributed by atoms with E-state index in [9.17, 15) is 5.11 Å². The molecule has 1 aromatic heterocycles. The van der Waals surface area contributed by atoms with Crippen molar-refractivity contribution in [2.45, 2.75) is 105 Å². The lowest BCUT2D eigenvalue weighted by molar-refractivity contribution is 0.446. The van der Waals surface area contributed by atoms with E-state index in [1.807, 2.05) is 24.4 Å². The van der Waals surface area contributed by atoms with Gasteiger partial charge in [0.1, 0.15) is 5.75 Å². The monoisotopic (exact) mass is 624 g/mol. The van der Waals surface area contributed by atoms with Crippen molar-refractivity contribution in [2.24, 2.45) is 0 Å². The van der Waals surface area contributed by atoms with E-state index in [4.69, 9.17) is 9.97 Å². The summed E-state index contributed by atoms with van der Waals surface area (Å²) in [4.78, 5) is 10.0. The van der Waals surface area contributed by atoms with Gasteiger partial charge in [-0.2, -0.15) is 0 Å². The predicted octanol–water partition coefficient (Wildman–Crippen LogP) is 12.0. The van der Waals surface area contributed by atoms with Crippen molar-refractivity contribution >= 4 is 0 Å². The Morgan fingerprint density at radius 1 is 0.468 bits per heavy atom. The van der Waals surface area contributed by atoms with Gasteiger partial charge >= 0.3 is 0 Å². The van der Waals surface area contributed by atoms with Crippen LogP contribution >= 0.6 is 0 Å². The highest BCUT2D eigenvalue weighted by Gasteiger charge is 2.27. The molecule has 0 saturated heterocycles. The summed E-state index contributed by atoms with van der Waals surface area (Å²) in [7, 11) is 0. The molecule has 0 bridgehead atoms. The fourth-order valence-electron chi connectivity index (χ4n) is 6.00. The zero-order chi connectivity index (χ0) is 34.5. The van der Waals surface area contributed by atoms with Crippen LogP contribution in [0.2, 0.25) is 0 Å². The van der Waals surface area contributed by atoms with Crippen LogP contribution < -0.4 is 0 Å². The van der Waals surface area contributed by atoms with Crippen molar-refractivity contribution in [1.29, 1.82) is 0 Å². The predicted molar refractivity (Wildman–Crippen MR) is 200 cm³/mol. The summed E-state index contributed by atoms with van der Waals surface area (Å²) in [6.07, 6.45) is 1.85. The minimum absolute atomic E-state index is 0.0134. The topological polar surface area (TPSA) is 46.0 Å². The van der Waals surface area contributed by atoms with E-state index < -0.39 is 0 Å². The van der Waals surface area contributed by atoms with Gasteiger partial charge in [-0.25, -0.2) is 9.97 Å². The average molecular weight is 625 g/mol. The Morgan fingerprint density at radius 3 is 1.49 bits per heavy atom. The third-order valence-corrected chi connectivity index (χ3v) is 9.08. The molecule has 4 aromatic carbocycles. The number of hydrogen-bond acceptors (Lipinski definition) is 3. The third-order valence-electron chi connectivity index (χ3n) is 9.08. The van der Waals surface area contributed by atoms with Gasteiger partial charge in [0.2, 0.25) is 0 Å². The molecule has 0 aliphatic rings. The number of benzene rings is 4. The van der Waals surface area contributed by atoms with Crippen LogP contribution in [0.5, 0.6) is 5.75 Å². The molecule has 0 atom stereocenters. The summed E-state index contributed by atoms with van der Waals surface area (Å²) in [6.45, 7) is 26.7. The SMILES string of the molecule is CC(C)(C)c1cc(-c2ccccc2-c2ccnc(-c3ccccc3-c3cc(C(C)(C)C)cc(C(C)(C)C)c3O)n2)cc(C(C)(C)C)c1. The quantitative estimate of drug-likeness (QED) is 0.216. The Balaban J connectivity index is 1.70. The highest BCUT2D eigenvalue weighted by atomic mass is 16.3. The minimum Gasteiger partial charge on any atom is -0.507 e. The number of hydrogen-bond donors (Lipinski definition) is 1. The first-order chi connectivity index (χ1) is 21.7. The van der Waals surface area contributed by atoms with Crippen molar-refractivity contribution in [3.63, 3.8) is 0 Å². The van der Waals surface area contributed by atoms with Crippen LogP contribution in [0.1, 0.15) is 105 Å². The first-order valence-electron chi connectivity index (χ1n) is 16.8. The Kier molecular flexibility index (Phi) is 8.77. The molecule has 1 N–H and O–H groups in total. The second kappa shape index (κ2) is 12.1. The van der Waals surface area contributed by atoms with E-state index in [1.54, 1.807) is 0 Å². The molecule has 0 aliphatic carbocycles. The van der Waals surface area contributed by atoms with Gasteiger partial charge in [-0.15, -0.1) is 0 Å². The molecule has 5 rings (SSSR count). The molecule has 244 valence electrons. The van der Waals surface area contributed by atoms with E-state index in [0.717, 1.165) is 39.1 Å². The zero-order valence-electron chi connectivity index (χ0n) is 30.5. The number of aromatic nitrogens is 2. The molecule has 0 unspecified atom stereocenters. The van der Waals surface area contributed by atoms with Gasteiger partial charge in [-0.05, 0) is 67.2 Å². The van der Waals surface area contributed by atoms with Crippen LogP contribution in [0.15, 0.2) is 91.1 Å². The molecule has 5 aromatic rings. The summed E-state index contributed by atoms with van der Waals surface area (Å²) >= 11 is 0. The molecule has 1 heterocycles. The summed E-state index contributed by atoms with van der Waals surface area (Å²) in [5.74, 6) is 0.942. The lowest BCUT2D eigenvalue weighted by Crippen LogP contribution is -2.17. The fourth-order valence-corrected chi connectivity index (χ4v) is 6.00. The molecular weight excluding hydrogens is 572 g/mol. The first kappa shape index (κ1) is 34.1. The van der Waals surface area contributed by atoms with Gasteiger partial charge in [0.25, 0.3) is 0 Å². The summed E-state index contributed by atoms with van der Waals surface area (Å²) < 4.78 is 0. The van der Waals surface area contributed by atoms with Gasteiger partial charge < -0.3 is 5.11 Å². The summed E-state index contributed by atoms with van der Waals surface area (Å²) in [6, 6.07) is 30.0. The minimum atomic E-state index is -0.230. The number of aromatic hydroxyl groups is 1. The van der Waals surface area contributed by atoms with Crippen LogP contribution in [0.3, 0.4) is 0 Å². The number of rotatable bonds is 4. The van der Waals surface area contributed by atoms with E-state index >= 15 is 0 Å². The molecule has 0 spiro atoms. The van der Waals surface area contributed by atoms with E-state index in [-0.39, 0.29) is 21.7 Å². The van der Waals surface area contributed by atoms with Crippen molar-refractivity contribution in [1.82, 2.24) is 9.97 Å². The molecule has 3 heteroatoms. The number of phenolic OH excluding ortho intramolecular Hbond substituents is 1. The molecule has 3 nitrogen and oxygen atoms in total. The molecule has 0 fully saturated rings. The zero-order valence-corrected chi connectivity index (χ0v) is 30.5. The van der Waals surface area contributed by atoms with Gasteiger partial charge in [0, 0.05) is 28.5 Å².